The molecule has 0 amide bonds. The average Bonchev–Trinajstić information content (AvgIpc) is 3.08. The molecule has 1 saturated carbocycles. The van der Waals surface area contributed by atoms with E-state index in [9.17, 15) is 9.90 Å². The molecule has 0 radical (unpaired) electrons. The van der Waals surface area contributed by atoms with Crippen LogP contribution in [0.2, 0.25) is 0 Å². The largest absolute Gasteiger partial charge is 0.461 e. The first-order valence-electron chi connectivity index (χ1n) is 9.55. The van der Waals surface area contributed by atoms with Gasteiger partial charge >= 0.3 is 5.97 Å². The molecule has 5 heterocycles. The van der Waals surface area contributed by atoms with Crippen LogP contribution in [0, 0.1) is 11.8 Å². The van der Waals surface area contributed by atoms with Gasteiger partial charge in [-0.3, -0.25) is 14.7 Å². The summed E-state index contributed by atoms with van der Waals surface area (Å²) in [6.07, 6.45) is 3.17. The van der Waals surface area contributed by atoms with Gasteiger partial charge in [-0.1, -0.05) is 24.3 Å². The molecule has 1 spiro atoms. The standard InChI is InChI=1S/C21H22N2O3/c1-3-11-12-8-15-18-21(13-6-4-5-7-14(13)22-18)9-16(23(15)20(11)25)17(12)19(21)26-10(2)24/h3-7,12,15-17,19-20,25H,8-9H2,1-2H3/b11-3+/t12-,15+,16+,17?,19-,20-,21?/m1/s1. The Labute approximate surface area is 152 Å². The number of hydrogen-bond acceptors (Lipinski definition) is 5. The number of aliphatic hydroxyl groups excluding tert-OH is 1. The maximum Gasteiger partial charge on any atom is 0.302 e. The molecule has 7 rings (SSSR count). The van der Waals surface area contributed by atoms with E-state index in [1.54, 1.807) is 0 Å². The Kier molecular flexibility index (Phi) is 2.70. The van der Waals surface area contributed by atoms with E-state index in [1.165, 1.54) is 12.5 Å². The number of para-hydroxylation sites is 1. The first-order valence-corrected chi connectivity index (χ1v) is 9.55. The van der Waals surface area contributed by atoms with Crippen molar-refractivity contribution in [3.05, 3.63) is 41.5 Å². The van der Waals surface area contributed by atoms with Gasteiger partial charge in [0.15, 0.2) is 0 Å². The van der Waals surface area contributed by atoms with E-state index in [4.69, 9.17) is 9.73 Å². The van der Waals surface area contributed by atoms with Gasteiger partial charge in [-0.2, -0.15) is 0 Å². The molecule has 1 N–H and O–H groups in total. The monoisotopic (exact) mass is 350 g/mol. The normalized spacial score (nSPS) is 47.7. The Morgan fingerprint density at radius 3 is 3.00 bits per heavy atom. The molecule has 5 nitrogen and oxygen atoms in total. The molecule has 1 aliphatic carbocycles. The lowest BCUT2D eigenvalue weighted by atomic mass is 9.66. The van der Waals surface area contributed by atoms with E-state index in [2.05, 4.69) is 29.2 Å². The highest BCUT2D eigenvalue weighted by atomic mass is 16.5. The summed E-state index contributed by atoms with van der Waals surface area (Å²) >= 11 is 0. The lowest BCUT2D eigenvalue weighted by molar-refractivity contribution is -0.156. The fourth-order valence-electron chi connectivity index (χ4n) is 6.90. The van der Waals surface area contributed by atoms with Crippen LogP contribution in [0.4, 0.5) is 5.69 Å². The molecule has 4 saturated heterocycles. The molecule has 1 aromatic carbocycles. The maximum absolute atomic E-state index is 12.0. The first kappa shape index (κ1) is 15.1. The zero-order chi connectivity index (χ0) is 17.8. The summed E-state index contributed by atoms with van der Waals surface area (Å²) < 4.78 is 6.04. The summed E-state index contributed by atoms with van der Waals surface area (Å²) in [6, 6.07) is 8.67. The zero-order valence-electron chi connectivity index (χ0n) is 14.9. The summed E-state index contributed by atoms with van der Waals surface area (Å²) in [6.45, 7) is 3.51. The van der Waals surface area contributed by atoms with Crippen LogP contribution >= 0.6 is 0 Å². The minimum atomic E-state index is -0.537. The average molecular weight is 350 g/mol. The Morgan fingerprint density at radius 1 is 1.42 bits per heavy atom. The lowest BCUT2D eigenvalue weighted by Gasteiger charge is -2.58. The van der Waals surface area contributed by atoms with Crippen LogP contribution in [-0.2, 0) is 14.9 Å². The van der Waals surface area contributed by atoms with Gasteiger partial charge in [0, 0.05) is 18.9 Å². The summed E-state index contributed by atoms with van der Waals surface area (Å²) in [5, 5.41) is 11.0. The van der Waals surface area contributed by atoms with Gasteiger partial charge in [0.05, 0.1) is 22.9 Å². The smallest absolute Gasteiger partial charge is 0.302 e. The van der Waals surface area contributed by atoms with Gasteiger partial charge < -0.3 is 9.84 Å². The van der Waals surface area contributed by atoms with Crippen molar-refractivity contribution in [1.82, 2.24) is 4.90 Å². The Morgan fingerprint density at radius 2 is 2.23 bits per heavy atom. The fraction of sp³-hybridized carbons (Fsp3) is 0.524. The van der Waals surface area contributed by atoms with Crippen LogP contribution < -0.4 is 0 Å². The second-order valence-corrected chi connectivity index (χ2v) is 8.33. The molecule has 5 aliphatic heterocycles. The number of piperidine rings is 4. The number of carbonyl (C=O) groups excluding carboxylic acids is 1. The van der Waals surface area contributed by atoms with Crippen molar-refractivity contribution in [2.45, 2.75) is 56.5 Å². The second-order valence-electron chi connectivity index (χ2n) is 8.33. The third-order valence-corrected chi connectivity index (χ3v) is 7.53. The van der Waals surface area contributed by atoms with Crippen molar-refractivity contribution in [2.75, 3.05) is 0 Å². The van der Waals surface area contributed by atoms with E-state index in [1.807, 2.05) is 13.0 Å². The molecular formula is C21H22N2O3. The SMILES string of the molecule is C/C=C1\[C@H]2C[C@H]3C4=Nc5ccccc5C45C[C@@H](C2[C@H]5OC(C)=O)N3[C@@H]1O. The highest BCUT2D eigenvalue weighted by Gasteiger charge is 2.74. The zero-order valence-corrected chi connectivity index (χ0v) is 14.9. The van der Waals surface area contributed by atoms with Crippen molar-refractivity contribution >= 4 is 17.4 Å². The minimum Gasteiger partial charge on any atom is -0.461 e. The van der Waals surface area contributed by atoms with Crippen LogP contribution in [0.1, 0.15) is 32.3 Å². The van der Waals surface area contributed by atoms with E-state index in [0.29, 0.717) is 0 Å². The van der Waals surface area contributed by atoms with Gasteiger partial charge in [0.2, 0.25) is 0 Å². The topological polar surface area (TPSA) is 62.1 Å². The third kappa shape index (κ3) is 1.45. The molecule has 3 unspecified atom stereocenters. The van der Waals surface area contributed by atoms with Gasteiger partial charge in [0.25, 0.3) is 0 Å². The summed E-state index contributed by atoms with van der Waals surface area (Å²) in [5.41, 5.74) is 4.10. The molecule has 26 heavy (non-hydrogen) atoms. The van der Waals surface area contributed by atoms with E-state index in [-0.39, 0.29) is 41.4 Å². The number of benzene rings is 1. The number of nitrogens with zero attached hydrogens (tertiary/aromatic N) is 2. The van der Waals surface area contributed by atoms with Crippen molar-refractivity contribution in [1.29, 1.82) is 0 Å². The van der Waals surface area contributed by atoms with Gasteiger partial charge in [-0.15, -0.1) is 0 Å². The molecule has 0 aromatic heterocycles. The predicted octanol–water partition coefficient (Wildman–Crippen LogP) is 2.31. The van der Waals surface area contributed by atoms with Crippen molar-refractivity contribution in [2.24, 2.45) is 16.8 Å². The number of aliphatic hydroxyl groups is 1. The number of rotatable bonds is 1. The van der Waals surface area contributed by atoms with Crippen LogP contribution in [0.5, 0.6) is 0 Å². The number of carbonyl (C=O) groups is 1. The summed E-state index contributed by atoms with van der Waals surface area (Å²) in [5.74, 6) is 0.264. The summed E-state index contributed by atoms with van der Waals surface area (Å²) in [7, 11) is 0. The van der Waals surface area contributed by atoms with E-state index >= 15 is 0 Å². The first-order chi connectivity index (χ1) is 12.6. The number of fused-ring (bicyclic) bond motifs is 2. The van der Waals surface area contributed by atoms with E-state index < -0.39 is 6.23 Å². The molecule has 5 fully saturated rings. The third-order valence-electron chi connectivity index (χ3n) is 7.53. The predicted molar refractivity (Wildman–Crippen MR) is 96.2 cm³/mol. The highest BCUT2D eigenvalue weighted by molar-refractivity contribution is 6.08. The van der Waals surface area contributed by atoms with Gasteiger partial charge in [0.1, 0.15) is 12.3 Å². The number of aliphatic imine (C=N–C) groups is 1. The number of esters is 1. The van der Waals surface area contributed by atoms with Crippen LogP contribution in [0.15, 0.2) is 40.9 Å². The number of allylic oxidation sites excluding steroid dienone is 1. The fourth-order valence-corrected chi connectivity index (χ4v) is 6.90. The lowest BCUT2D eigenvalue weighted by Crippen LogP contribution is -2.68. The van der Waals surface area contributed by atoms with Crippen LogP contribution in [-0.4, -0.2) is 46.1 Å². The van der Waals surface area contributed by atoms with Gasteiger partial charge in [-0.05, 0) is 42.9 Å². The molecule has 134 valence electrons. The molecule has 5 heteroatoms. The molecule has 8 atom stereocenters. The molecule has 6 aliphatic rings. The Bertz CT molecular complexity index is 906. The van der Waals surface area contributed by atoms with Crippen molar-refractivity contribution < 1.29 is 14.6 Å². The summed E-state index contributed by atoms with van der Waals surface area (Å²) in [4.78, 5) is 19.3. The Balaban J connectivity index is 1.62. The molecular weight excluding hydrogens is 328 g/mol. The Hall–Kier alpha value is -1.98. The van der Waals surface area contributed by atoms with Crippen molar-refractivity contribution in [3.8, 4) is 0 Å². The van der Waals surface area contributed by atoms with Crippen LogP contribution in [0.3, 0.4) is 0 Å². The van der Waals surface area contributed by atoms with Gasteiger partial charge in [-0.25, -0.2) is 0 Å². The molecule has 5 bridgehead atoms. The maximum atomic E-state index is 12.0. The van der Waals surface area contributed by atoms with E-state index in [0.717, 1.165) is 29.8 Å². The quantitative estimate of drug-likeness (QED) is 0.624. The second kappa shape index (κ2) is 4.65. The number of ether oxygens (including phenoxy) is 1. The highest BCUT2D eigenvalue weighted by Crippen LogP contribution is 2.67. The minimum absolute atomic E-state index is 0.140. The molecule has 1 aromatic rings. The number of hydrogen-bond donors (Lipinski definition) is 1. The van der Waals surface area contributed by atoms with Crippen LogP contribution in [0.25, 0.3) is 0 Å². The van der Waals surface area contributed by atoms with Crippen molar-refractivity contribution in [3.63, 3.8) is 0 Å².